The second-order valence-electron chi connectivity index (χ2n) is 12.5. The predicted octanol–water partition coefficient (Wildman–Crippen LogP) is 4.94. The molecule has 7 nitrogen and oxygen atoms in total. The molecule has 0 radical (unpaired) electrons. The third-order valence-corrected chi connectivity index (χ3v) is 7.85. The number of carbonyl (C=O) groups excluding carboxylic acids is 1. The van der Waals surface area contributed by atoms with E-state index in [1.54, 1.807) is 30.5 Å². The first kappa shape index (κ1) is 28.2. The number of hydrogen-bond acceptors (Lipinski definition) is 6. The molecule has 3 N–H and O–H groups in total. The van der Waals surface area contributed by atoms with E-state index in [1.165, 1.54) is 18.3 Å². The number of aliphatic hydroxyl groups is 1. The van der Waals surface area contributed by atoms with Gasteiger partial charge in [0.05, 0.1) is 17.7 Å². The Morgan fingerprint density at radius 1 is 1.18 bits per heavy atom. The van der Waals surface area contributed by atoms with Crippen molar-refractivity contribution in [1.29, 1.82) is 0 Å². The highest BCUT2D eigenvalue weighted by Gasteiger charge is 2.46. The number of rotatable bonds is 9. The fraction of sp³-hybridized carbons (Fsp3) is 0.469. The maximum atomic E-state index is 13.5. The number of ether oxygens (including phenoxy) is 1. The van der Waals surface area contributed by atoms with Gasteiger partial charge < -0.3 is 20.5 Å². The van der Waals surface area contributed by atoms with Gasteiger partial charge in [-0.3, -0.25) is 9.78 Å². The van der Waals surface area contributed by atoms with Crippen molar-refractivity contribution >= 4 is 5.91 Å². The van der Waals surface area contributed by atoms with Gasteiger partial charge in [-0.25, -0.2) is 9.37 Å². The summed E-state index contributed by atoms with van der Waals surface area (Å²) in [5.74, 6) is 0.0212. The summed E-state index contributed by atoms with van der Waals surface area (Å²) in [5, 5.41) is 18.0. The van der Waals surface area contributed by atoms with Crippen LogP contribution >= 0.6 is 0 Å². The molecular weight excluding hydrogens is 507 g/mol. The second-order valence-corrected chi connectivity index (χ2v) is 12.5. The molecule has 1 aromatic carbocycles. The monoisotopic (exact) mass is 546 g/mol. The van der Waals surface area contributed by atoms with Gasteiger partial charge in [0, 0.05) is 43.2 Å². The molecule has 0 saturated heterocycles. The Hall–Kier alpha value is -3.36. The van der Waals surface area contributed by atoms with Crippen LogP contribution in [0.5, 0.6) is 5.88 Å². The van der Waals surface area contributed by atoms with Crippen LogP contribution in [0.4, 0.5) is 4.39 Å². The Morgan fingerprint density at radius 3 is 2.60 bits per heavy atom. The quantitative estimate of drug-likeness (QED) is 0.352. The minimum absolute atomic E-state index is 0.0355. The van der Waals surface area contributed by atoms with E-state index in [9.17, 15) is 14.3 Å². The van der Waals surface area contributed by atoms with Crippen molar-refractivity contribution in [3.63, 3.8) is 0 Å². The lowest BCUT2D eigenvalue weighted by Crippen LogP contribution is -2.52. The van der Waals surface area contributed by atoms with Gasteiger partial charge in [-0.2, -0.15) is 0 Å². The summed E-state index contributed by atoms with van der Waals surface area (Å²) in [6.45, 7) is 6.88. The number of aliphatic hydroxyl groups excluding tert-OH is 1. The van der Waals surface area contributed by atoms with Gasteiger partial charge in [0.1, 0.15) is 11.4 Å². The number of nitrogens with one attached hydrogen (secondary N) is 2. The summed E-state index contributed by atoms with van der Waals surface area (Å²) >= 11 is 0. The van der Waals surface area contributed by atoms with Crippen LogP contribution in [0.15, 0.2) is 61.1 Å². The zero-order valence-corrected chi connectivity index (χ0v) is 23.5. The number of amides is 1. The van der Waals surface area contributed by atoms with Crippen LogP contribution in [-0.2, 0) is 12.8 Å². The molecule has 0 bridgehead atoms. The van der Waals surface area contributed by atoms with Gasteiger partial charge in [0.2, 0.25) is 5.88 Å². The molecule has 1 aliphatic heterocycles. The molecular formula is C32H39FN4O3. The smallest absolute Gasteiger partial charge is 0.253 e. The SMILES string of the molecule is CC(C)(C)Cc1cnc2c(c1)[C@@H](NC[C@@H](O)[C@H](Cc1ccc(F)cc1)NC(=O)c1cccnc1)CC1(CCC1)O2. The number of hydrogen-bond donors (Lipinski definition) is 3. The first-order valence-electron chi connectivity index (χ1n) is 14.1. The topological polar surface area (TPSA) is 96.4 Å². The summed E-state index contributed by atoms with van der Waals surface area (Å²) in [6.07, 6.45) is 9.28. The highest BCUT2D eigenvalue weighted by atomic mass is 19.1. The van der Waals surface area contributed by atoms with E-state index in [1.807, 2.05) is 6.20 Å². The number of pyridine rings is 2. The van der Waals surface area contributed by atoms with Crippen LogP contribution in [0.25, 0.3) is 0 Å². The zero-order valence-electron chi connectivity index (χ0n) is 23.5. The van der Waals surface area contributed by atoms with E-state index in [0.29, 0.717) is 17.9 Å². The number of benzene rings is 1. The summed E-state index contributed by atoms with van der Waals surface area (Å²) in [6, 6.07) is 11.1. The molecule has 3 heterocycles. The van der Waals surface area contributed by atoms with Gasteiger partial charge in [-0.05, 0) is 79.0 Å². The summed E-state index contributed by atoms with van der Waals surface area (Å²) < 4.78 is 19.9. The van der Waals surface area contributed by atoms with Gasteiger partial charge in [-0.15, -0.1) is 0 Å². The van der Waals surface area contributed by atoms with Gasteiger partial charge in [0.15, 0.2) is 0 Å². The van der Waals surface area contributed by atoms with Crippen LogP contribution in [0.2, 0.25) is 0 Å². The van der Waals surface area contributed by atoms with Crippen molar-refractivity contribution in [2.75, 3.05) is 6.54 Å². The molecule has 2 aromatic heterocycles. The van der Waals surface area contributed by atoms with Gasteiger partial charge in [-0.1, -0.05) is 32.9 Å². The standard InChI is InChI=1S/C32H39FN4O3/c1-31(2,3)16-22-14-25-27(17-32(11-5-12-32)40-30(25)36-18-22)35-20-28(38)26(15-21-7-9-24(33)10-8-21)37-29(39)23-6-4-13-34-19-23/h4,6-10,13-14,18-19,26-28,35,38H,5,11-12,15-17,20H2,1-3H3,(H,37,39)/t26-,27-,28+/m0/s1. The fourth-order valence-electron chi connectivity index (χ4n) is 5.66. The number of halogens is 1. The fourth-order valence-corrected chi connectivity index (χ4v) is 5.66. The number of nitrogens with zero attached hydrogens (tertiary/aromatic N) is 2. The third-order valence-electron chi connectivity index (χ3n) is 7.85. The first-order valence-corrected chi connectivity index (χ1v) is 14.1. The van der Waals surface area contributed by atoms with Crippen molar-refractivity contribution in [3.05, 3.63) is 89.1 Å². The number of fused-ring (bicyclic) bond motifs is 1. The van der Waals surface area contributed by atoms with E-state index >= 15 is 0 Å². The van der Waals surface area contributed by atoms with Crippen LogP contribution < -0.4 is 15.4 Å². The zero-order chi connectivity index (χ0) is 28.3. The molecule has 2 aliphatic rings. The lowest BCUT2D eigenvalue weighted by atomic mass is 9.73. The van der Waals surface area contributed by atoms with Crippen molar-refractivity contribution in [2.24, 2.45) is 5.41 Å². The van der Waals surface area contributed by atoms with Crippen molar-refractivity contribution in [3.8, 4) is 5.88 Å². The molecule has 1 saturated carbocycles. The Bertz CT molecular complexity index is 1310. The summed E-state index contributed by atoms with van der Waals surface area (Å²) in [4.78, 5) is 21.7. The molecule has 212 valence electrons. The summed E-state index contributed by atoms with van der Waals surface area (Å²) in [7, 11) is 0. The molecule has 8 heteroatoms. The molecule has 1 aliphatic carbocycles. The molecule has 1 fully saturated rings. The van der Waals surface area contributed by atoms with E-state index < -0.39 is 12.1 Å². The number of carbonyl (C=O) groups is 1. The largest absolute Gasteiger partial charge is 0.471 e. The molecule has 40 heavy (non-hydrogen) atoms. The van der Waals surface area contributed by atoms with E-state index in [2.05, 4.69) is 42.5 Å². The minimum Gasteiger partial charge on any atom is -0.471 e. The second kappa shape index (κ2) is 11.6. The van der Waals surface area contributed by atoms with Crippen LogP contribution in [-0.4, -0.2) is 45.3 Å². The van der Waals surface area contributed by atoms with Crippen LogP contribution in [0.3, 0.4) is 0 Å². The maximum absolute atomic E-state index is 13.5. The average Bonchev–Trinajstić information content (AvgIpc) is 2.91. The van der Waals surface area contributed by atoms with Gasteiger partial charge in [0.25, 0.3) is 5.91 Å². The van der Waals surface area contributed by atoms with Crippen LogP contribution in [0, 0.1) is 11.2 Å². The Kier molecular flexibility index (Phi) is 8.19. The predicted molar refractivity (Wildman–Crippen MR) is 152 cm³/mol. The summed E-state index contributed by atoms with van der Waals surface area (Å²) in [5.41, 5.74) is 3.31. The van der Waals surface area contributed by atoms with Gasteiger partial charge >= 0.3 is 0 Å². The van der Waals surface area contributed by atoms with E-state index in [-0.39, 0.29) is 35.3 Å². The first-order chi connectivity index (χ1) is 19.1. The highest BCUT2D eigenvalue weighted by Crippen LogP contribution is 2.48. The lowest BCUT2D eigenvalue weighted by Gasteiger charge is -2.47. The lowest BCUT2D eigenvalue weighted by molar-refractivity contribution is -0.0421. The molecule has 1 spiro atoms. The normalized spacial score (nSPS) is 19.2. The number of aromatic nitrogens is 2. The Balaban J connectivity index is 1.34. The highest BCUT2D eigenvalue weighted by molar-refractivity contribution is 5.94. The molecule has 5 rings (SSSR count). The van der Waals surface area contributed by atoms with Crippen molar-refractivity contribution < 1.29 is 19.0 Å². The van der Waals surface area contributed by atoms with Crippen LogP contribution in [0.1, 0.15) is 79.5 Å². The van der Waals surface area contributed by atoms with Crippen molar-refractivity contribution in [2.45, 2.75) is 83.1 Å². The molecule has 1 amide bonds. The average molecular weight is 547 g/mol. The van der Waals surface area contributed by atoms with E-state index in [0.717, 1.165) is 48.8 Å². The Morgan fingerprint density at radius 2 is 1.95 bits per heavy atom. The third kappa shape index (κ3) is 6.85. The maximum Gasteiger partial charge on any atom is 0.253 e. The molecule has 3 atom stereocenters. The molecule has 3 aromatic rings. The Labute approximate surface area is 235 Å². The molecule has 0 unspecified atom stereocenters. The minimum atomic E-state index is -0.903. The van der Waals surface area contributed by atoms with E-state index in [4.69, 9.17) is 9.72 Å². The van der Waals surface area contributed by atoms with Crippen molar-refractivity contribution in [1.82, 2.24) is 20.6 Å².